The summed E-state index contributed by atoms with van der Waals surface area (Å²) in [5, 5.41) is 14.8. The smallest absolute Gasteiger partial charge is 0.390 e. The molecule has 0 unspecified atom stereocenters. The molecule has 0 N–H and O–H groups in total. The molecule has 0 aromatic carbocycles. The predicted octanol–water partition coefficient (Wildman–Crippen LogP) is 0.348. The van der Waals surface area contributed by atoms with Crippen LogP contribution in [0.4, 0.5) is 5.95 Å². The zero-order valence-electron chi connectivity index (χ0n) is 10.6. The summed E-state index contributed by atoms with van der Waals surface area (Å²) in [7, 11) is 3.69. The van der Waals surface area contributed by atoms with Crippen molar-refractivity contribution in [2.75, 3.05) is 33.2 Å². The van der Waals surface area contributed by atoms with Crippen molar-refractivity contribution in [2.24, 2.45) is 7.05 Å². The highest BCUT2D eigenvalue weighted by Gasteiger charge is 2.24. The lowest BCUT2D eigenvalue weighted by Gasteiger charge is -2.33. The maximum atomic E-state index is 10.6. The van der Waals surface area contributed by atoms with Crippen molar-refractivity contribution < 1.29 is 4.92 Å². The molecule has 0 radical (unpaired) electrons. The van der Waals surface area contributed by atoms with Gasteiger partial charge in [0.25, 0.3) is 5.16 Å². The fourth-order valence-corrected chi connectivity index (χ4v) is 2.83. The molecule has 1 aromatic heterocycles. The summed E-state index contributed by atoms with van der Waals surface area (Å²) in [5.41, 5.74) is 0. The molecule has 2 rings (SSSR count). The third-order valence-corrected chi connectivity index (χ3v) is 4.29. The fourth-order valence-electron chi connectivity index (χ4n) is 1.66. The van der Waals surface area contributed by atoms with Gasteiger partial charge in [0, 0.05) is 38.3 Å². The minimum Gasteiger partial charge on any atom is -0.390 e. The summed E-state index contributed by atoms with van der Waals surface area (Å²) in [5.74, 6) is -0.397. The highest BCUT2D eigenvalue weighted by molar-refractivity contribution is 8.22. The van der Waals surface area contributed by atoms with Crippen LogP contribution in [0.1, 0.15) is 0 Å². The number of rotatable bonds is 2. The molecule has 0 saturated carbocycles. The van der Waals surface area contributed by atoms with Crippen molar-refractivity contribution in [1.29, 1.82) is 0 Å². The van der Waals surface area contributed by atoms with Gasteiger partial charge in [-0.2, -0.15) is 4.68 Å². The second-order valence-electron chi connectivity index (χ2n) is 4.23. The second kappa shape index (κ2) is 5.80. The number of aromatic nitrogens is 3. The monoisotopic (exact) mass is 302 g/mol. The molecule has 0 aliphatic carbocycles. The SMILES string of the molecule is CN1CCN(C(=S)Sc2nc([N+](=O)[O-])nn2C)CC1. The third kappa shape index (κ3) is 3.39. The Labute approximate surface area is 119 Å². The van der Waals surface area contributed by atoms with Gasteiger partial charge in [-0.3, -0.25) is 0 Å². The van der Waals surface area contributed by atoms with Gasteiger partial charge in [0.1, 0.15) is 4.32 Å². The summed E-state index contributed by atoms with van der Waals surface area (Å²) in [6, 6.07) is 0. The molecule has 1 aromatic rings. The summed E-state index contributed by atoms with van der Waals surface area (Å²) in [4.78, 5) is 18.2. The molecular formula is C9H14N6O2S2. The summed E-state index contributed by atoms with van der Waals surface area (Å²) in [6.45, 7) is 3.64. The zero-order chi connectivity index (χ0) is 14.0. The molecule has 8 nitrogen and oxygen atoms in total. The number of aryl methyl sites for hydroxylation is 1. The molecule has 1 saturated heterocycles. The van der Waals surface area contributed by atoms with Crippen molar-refractivity contribution in [2.45, 2.75) is 5.16 Å². The lowest BCUT2D eigenvalue weighted by atomic mass is 10.4. The van der Waals surface area contributed by atoms with E-state index in [2.05, 4.69) is 26.9 Å². The van der Waals surface area contributed by atoms with Crippen LogP contribution >= 0.6 is 24.0 Å². The number of thioether (sulfide) groups is 1. The van der Waals surface area contributed by atoms with Gasteiger partial charge in [-0.15, -0.1) is 0 Å². The normalized spacial score (nSPS) is 16.6. The van der Waals surface area contributed by atoms with Crippen LogP contribution in [0.15, 0.2) is 5.16 Å². The van der Waals surface area contributed by atoms with Crippen LogP contribution in [0.3, 0.4) is 0 Å². The van der Waals surface area contributed by atoms with Crippen molar-refractivity contribution in [3.63, 3.8) is 0 Å². The first-order valence-corrected chi connectivity index (χ1v) is 6.90. The summed E-state index contributed by atoms with van der Waals surface area (Å²) >= 11 is 6.59. The Balaban J connectivity index is 2.00. The Morgan fingerprint density at radius 3 is 2.53 bits per heavy atom. The van der Waals surface area contributed by atoms with E-state index in [9.17, 15) is 10.1 Å². The molecular weight excluding hydrogens is 288 g/mol. The van der Waals surface area contributed by atoms with E-state index in [1.807, 2.05) is 0 Å². The highest BCUT2D eigenvalue weighted by atomic mass is 32.2. The number of hydrogen-bond donors (Lipinski definition) is 0. The largest absolute Gasteiger partial charge is 0.492 e. The Hall–Kier alpha value is -1.26. The highest BCUT2D eigenvalue weighted by Crippen LogP contribution is 2.22. The van der Waals surface area contributed by atoms with Gasteiger partial charge in [0.05, 0.1) is 0 Å². The van der Waals surface area contributed by atoms with Crippen LogP contribution in [-0.4, -0.2) is 67.0 Å². The molecule has 19 heavy (non-hydrogen) atoms. The third-order valence-electron chi connectivity index (χ3n) is 2.82. The van der Waals surface area contributed by atoms with Crippen molar-refractivity contribution in [3.05, 3.63) is 10.1 Å². The van der Waals surface area contributed by atoms with Gasteiger partial charge in [-0.05, 0) is 28.7 Å². The molecule has 2 heterocycles. The first kappa shape index (κ1) is 14.2. The van der Waals surface area contributed by atoms with Gasteiger partial charge < -0.3 is 19.9 Å². The van der Waals surface area contributed by atoms with Gasteiger partial charge in [0.2, 0.25) is 0 Å². The summed E-state index contributed by atoms with van der Waals surface area (Å²) < 4.78 is 2.06. The summed E-state index contributed by atoms with van der Waals surface area (Å²) in [6.07, 6.45) is 0. The Bertz CT molecular complexity index is 497. The first-order chi connectivity index (χ1) is 8.97. The molecule has 1 aliphatic rings. The molecule has 1 fully saturated rings. The Morgan fingerprint density at radius 1 is 1.37 bits per heavy atom. The maximum Gasteiger partial charge on any atom is 0.492 e. The van der Waals surface area contributed by atoms with Gasteiger partial charge >= 0.3 is 5.95 Å². The second-order valence-corrected chi connectivity index (χ2v) is 5.83. The van der Waals surface area contributed by atoms with Crippen molar-refractivity contribution >= 4 is 34.2 Å². The molecule has 104 valence electrons. The topological polar surface area (TPSA) is 80.3 Å². The van der Waals surface area contributed by atoms with E-state index in [0.717, 1.165) is 26.2 Å². The fraction of sp³-hybridized carbons (Fsp3) is 0.667. The zero-order valence-corrected chi connectivity index (χ0v) is 12.3. The van der Waals surface area contributed by atoms with E-state index in [-0.39, 0.29) is 0 Å². The molecule has 1 aliphatic heterocycles. The lowest BCUT2D eigenvalue weighted by molar-refractivity contribution is -0.394. The predicted molar refractivity (Wildman–Crippen MR) is 75.2 cm³/mol. The van der Waals surface area contributed by atoms with E-state index in [1.165, 1.54) is 16.4 Å². The van der Waals surface area contributed by atoms with Crippen LogP contribution in [0, 0.1) is 10.1 Å². The standard InChI is InChI=1S/C9H14N6O2S2/c1-12-3-5-14(6-4-12)9(18)19-8-10-7(15(16)17)11-13(8)2/h3-6H2,1-2H3. The van der Waals surface area contributed by atoms with E-state index >= 15 is 0 Å². The lowest BCUT2D eigenvalue weighted by Crippen LogP contribution is -2.45. The number of likely N-dealkylation sites (N-methyl/N-ethyl adjacent to an activating group) is 1. The van der Waals surface area contributed by atoms with Crippen LogP contribution in [0.5, 0.6) is 0 Å². The number of nitrogens with zero attached hydrogens (tertiary/aromatic N) is 6. The Morgan fingerprint density at radius 2 is 2.00 bits per heavy atom. The number of hydrogen-bond acceptors (Lipinski definition) is 7. The van der Waals surface area contributed by atoms with Crippen LogP contribution < -0.4 is 0 Å². The van der Waals surface area contributed by atoms with E-state index in [4.69, 9.17) is 12.2 Å². The van der Waals surface area contributed by atoms with Crippen LogP contribution in [0.25, 0.3) is 0 Å². The van der Waals surface area contributed by atoms with Crippen LogP contribution in [0.2, 0.25) is 0 Å². The molecule has 10 heteroatoms. The van der Waals surface area contributed by atoms with Crippen LogP contribution in [-0.2, 0) is 7.05 Å². The van der Waals surface area contributed by atoms with Crippen molar-refractivity contribution in [3.8, 4) is 0 Å². The maximum absolute atomic E-state index is 10.6. The van der Waals surface area contributed by atoms with Gasteiger partial charge in [0.15, 0.2) is 0 Å². The number of piperazine rings is 1. The first-order valence-electron chi connectivity index (χ1n) is 5.68. The Kier molecular flexibility index (Phi) is 4.32. The number of nitro groups is 1. The number of thiocarbonyl (C=S) groups is 1. The molecule has 0 amide bonds. The van der Waals surface area contributed by atoms with E-state index in [1.54, 1.807) is 7.05 Å². The quantitative estimate of drug-likeness (QED) is 0.335. The minimum absolute atomic E-state index is 0.397. The average Bonchev–Trinajstić information content (AvgIpc) is 2.72. The molecule has 0 spiro atoms. The van der Waals surface area contributed by atoms with Gasteiger partial charge in [-0.1, -0.05) is 12.2 Å². The van der Waals surface area contributed by atoms with E-state index in [0.29, 0.717) is 9.48 Å². The van der Waals surface area contributed by atoms with Crippen molar-refractivity contribution in [1.82, 2.24) is 24.6 Å². The average molecular weight is 302 g/mol. The molecule has 0 bridgehead atoms. The minimum atomic E-state index is -0.608. The molecule has 0 atom stereocenters. The van der Waals surface area contributed by atoms with Gasteiger partial charge in [-0.25, -0.2) is 0 Å². The van der Waals surface area contributed by atoms with E-state index < -0.39 is 10.9 Å².